The van der Waals surface area contributed by atoms with Crippen LogP contribution in [0.1, 0.15) is 16.7 Å². The van der Waals surface area contributed by atoms with Gasteiger partial charge in [0.15, 0.2) is 0 Å². The fraction of sp³-hybridized carbons (Fsp3) is 0.231. The van der Waals surface area contributed by atoms with Crippen molar-refractivity contribution < 1.29 is 18.1 Å². The Morgan fingerprint density at radius 2 is 1.67 bits per heavy atom. The van der Waals surface area contributed by atoms with Gasteiger partial charge in [-0.3, -0.25) is 19.8 Å². The number of halogens is 3. The van der Waals surface area contributed by atoms with Crippen molar-refractivity contribution >= 4 is 16.5 Å². The number of aromatic nitrogens is 2. The zero-order valence-corrected chi connectivity index (χ0v) is 19.6. The summed E-state index contributed by atoms with van der Waals surface area (Å²) >= 11 is 0. The summed E-state index contributed by atoms with van der Waals surface area (Å²) in [5.41, 5.74) is 2.37. The molecule has 0 saturated carbocycles. The fourth-order valence-electron chi connectivity index (χ4n) is 4.18. The number of nitro groups is 1. The standard InChI is InChI=1S/C26H23F3N4O3/c1-17-11-12-18(2)22(13-17)24-20-8-4-5-9-21(20)25(34)32(30-24)16-31(15-26(27,28)29)14-19-7-3-6-10-23(19)33(35)36/h3-13H,14-16H2,1-2H3. The number of para-hydroxylation sites is 1. The van der Waals surface area contributed by atoms with Gasteiger partial charge in [0.1, 0.15) is 0 Å². The molecule has 0 radical (unpaired) electrons. The molecule has 0 spiro atoms. The Hall–Kier alpha value is -4.05. The molecule has 3 aromatic carbocycles. The molecule has 0 amide bonds. The molecule has 0 unspecified atom stereocenters. The maximum absolute atomic E-state index is 13.5. The second-order valence-corrected chi connectivity index (χ2v) is 8.65. The van der Waals surface area contributed by atoms with E-state index in [2.05, 4.69) is 5.10 Å². The van der Waals surface area contributed by atoms with Gasteiger partial charge >= 0.3 is 6.18 Å². The summed E-state index contributed by atoms with van der Waals surface area (Å²) in [6.45, 7) is 1.53. The molecule has 7 nitrogen and oxygen atoms in total. The lowest BCUT2D eigenvalue weighted by molar-refractivity contribution is -0.385. The van der Waals surface area contributed by atoms with Crippen molar-refractivity contribution in [2.45, 2.75) is 33.2 Å². The van der Waals surface area contributed by atoms with Crippen LogP contribution in [0.25, 0.3) is 22.0 Å². The minimum absolute atomic E-state index is 0.107. The number of hydrogen-bond acceptors (Lipinski definition) is 5. The zero-order chi connectivity index (χ0) is 26.0. The van der Waals surface area contributed by atoms with Crippen molar-refractivity contribution in [3.8, 4) is 11.3 Å². The van der Waals surface area contributed by atoms with Crippen molar-refractivity contribution in [1.29, 1.82) is 0 Å². The van der Waals surface area contributed by atoms with Crippen LogP contribution in [0, 0.1) is 24.0 Å². The van der Waals surface area contributed by atoms with Crippen LogP contribution in [-0.4, -0.2) is 32.3 Å². The first-order valence-electron chi connectivity index (χ1n) is 11.1. The number of nitrogens with zero attached hydrogens (tertiary/aromatic N) is 4. The third kappa shape index (κ3) is 5.44. The number of alkyl halides is 3. The highest BCUT2D eigenvalue weighted by Gasteiger charge is 2.32. The second-order valence-electron chi connectivity index (χ2n) is 8.65. The summed E-state index contributed by atoms with van der Waals surface area (Å²) in [4.78, 5) is 25.0. The van der Waals surface area contributed by atoms with Gasteiger partial charge in [0.25, 0.3) is 11.2 Å². The molecule has 36 heavy (non-hydrogen) atoms. The van der Waals surface area contributed by atoms with E-state index >= 15 is 0 Å². The normalized spacial score (nSPS) is 11.8. The van der Waals surface area contributed by atoms with E-state index in [4.69, 9.17) is 0 Å². The number of aryl methyl sites for hydroxylation is 2. The largest absolute Gasteiger partial charge is 0.401 e. The number of rotatable bonds is 7. The fourth-order valence-corrected chi connectivity index (χ4v) is 4.18. The van der Waals surface area contributed by atoms with Gasteiger partial charge in [0, 0.05) is 29.1 Å². The molecule has 0 aliphatic heterocycles. The molecule has 0 fully saturated rings. The smallest absolute Gasteiger partial charge is 0.271 e. The third-order valence-electron chi connectivity index (χ3n) is 5.84. The van der Waals surface area contributed by atoms with Gasteiger partial charge in [-0.2, -0.15) is 18.3 Å². The second kappa shape index (κ2) is 9.90. The quantitative estimate of drug-likeness (QED) is 0.245. The van der Waals surface area contributed by atoms with Gasteiger partial charge in [0.05, 0.1) is 29.2 Å². The molecule has 4 aromatic rings. The highest BCUT2D eigenvalue weighted by Crippen LogP contribution is 2.29. The Balaban J connectivity index is 1.84. The molecule has 4 rings (SSSR count). The van der Waals surface area contributed by atoms with Crippen LogP contribution < -0.4 is 5.56 Å². The van der Waals surface area contributed by atoms with E-state index in [1.165, 1.54) is 24.3 Å². The van der Waals surface area contributed by atoms with E-state index in [0.29, 0.717) is 16.5 Å². The van der Waals surface area contributed by atoms with Crippen LogP contribution in [0.5, 0.6) is 0 Å². The highest BCUT2D eigenvalue weighted by molar-refractivity contribution is 5.94. The van der Waals surface area contributed by atoms with E-state index in [1.807, 2.05) is 32.0 Å². The third-order valence-corrected chi connectivity index (χ3v) is 5.84. The topological polar surface area (TPSA) is 81.3 Å². The van der Waals surface area contributed by atoms with E-state index in [0.717, 1.165) is 26.3 Å². The van der Waals surface area contributed by atoms with Crippen LogP contribution in [0.4, 0.5) is 18.9 Å². The van der Waals surface area contributed by atoms with Gasteiger partial charge in [-0.1, -0.05) is 54.1 Å². The predicted octanol–water partition coefficient (Wildman–Crippen LogP) is 5.61. The molecule has 0 N–H and O–H groups in total. The van der Waals surface area contributed by atoms with E-state index < -0.39 is 36.4 Å². The number of fused-ring (bicyclic) bond motifs is 1. The number of benzene rings is 3. The van der Waals surface area contributed by atoms with Crippen LogP contribution in [0.3, 0.4) is 0 Å². The Morgan fingerprint density at radius 3 is 2.36 bits per heavy atom. The molecule has 0 saturated heterocycles. The van der Waals surface area contributed by atoms with E-state index in [9.17, 15) is 28.1 Å². The van der Waals surface area contributed by atoms with E-state index in [1.54, 1.807) is 24.3 Å². The Labute approximate surface area is 204 Å². The highest BCUT2D eigenvalue weighted by atomic mass is 19.4. The first-order valence-corrected chi connectivity index (χ1v) is 11.1. The van der Waals surface area contributed by atoms with Gasteiger partial charge < -0.3 is 0 Å². The van der Waals surface area contributed by atoms with Gasteiger partial charge in [-0.25, -0.2) is 4.68 Å². The van der Waals surface area contributed by atoms with Gasteiger partial charge in [0.2, 0.25) is 0 Å². The Kier molecular flexibility index (Phi) is 6.89. The van der Waals surface area contributed by atoms with Crippen molar-refractivity contribution in [2.75, 3.05) is 6.54 Å². The van der Waals surface area contributed by atoms with Crippen molar-refractivity contribution in [3.05, 3.63) is 104 Å². The average Bonchev–Trinajstić information content (AvgIpc) is 2.82. The molecule has 186 valence electrons. The van der Waals surface area contributed by atoms with Gasteiger partial charge in [-0.15, -0.1) is 0 Å². The summed E-state index contributed by atoms with van der Waals surface area (Å²) in [5, 5.41) is 16.8. The average molecular weight is 496 g/mol. The predicted molar refractivity (Wildman–Crippen MR) is 130 cm³/mol. The van der Waals surface area contributed by atoms with Crippen molar-refractivity contribution in [1.82, 2.24) is 14.7 Å². The van der Waals surface area contributed by atoms with E-state index in [-0.39, 0.29) is 11.3 Å². The van der Waals surface area contributed by atoms with Gasteiger partial charge in [-0.05, 0) is 31.5 Å². The summed E-state index contributed by atoms with van der Waals surface area (Å²) in [6.07, 6.45) is -4.60. The van der Waals surface area contributed by atoms with Crippen LogP contribution in [0.2, 0.25) is 0 Å². The molecule has 1 heterocycles. The van der Waals surface area contributed by atoms with Crippen LogP contribution >= 0.6 is 0 Å². The Bertz CT molecular complexity index is 1500. The minimum atomic E-state index is -4.60. The lowest BCUT2D eigenvalue weighted by Gasteiger charge is -2.24. The zero-order valence-electron chi connectivity index (χ0n) is 19.6. The summed E-state index contributed by atoms with van der Waals surface area (Å²) in [7, 11) is 0. The lowest BCUT2D eigenvalue weighted by atomic mass is 9.99. The first-order chi connectivity index (χ1) is 17.0. The number of nitro benzene ring substituents is 1. The first kappa shape index (κ1) is 25.1. The van der Waals surface area contributed by atoms with Crippen molar-refractivity contribution in [3.63, 3.8) is 0 Å². The summed E-state index contributed by atoms with van der Waals surface area (Å²) in [6, 6.07) is 18.2. The summed E-state index contributed by atoms with van der Waals surface area (Å²) < 4.78 is 41.4. The molecule has 0 aliphatic carbocycles. The van der Waals surface area contributed by atoms with Crippen LogP contribution in [0.15, 0.2) is 71.5 Å². The molecular formula is C26H23F3N4O3. The SMILES string of the molecule is Cc1ccc(C)c(-c2nn(CN(Cc3ccccc3[N+](=O)[O-])CC(F)(F)F)c(=O)c3ccccc23)c1. The molecule has 0 bridgehead atoms. The summed E-state index contributed by atoms with van der Waals surface area (Å²) in [5.74, 6) is 0. The van der Waals surface area contributed by atoms with Crippen molar-refractivity contribution in [2.24, 2.45) is 0 Å². The number of hydrogen-bond donors (Lipinski definition) is 0. The molecule has 0 atom stereocenters. The maximum Gasteiger partial charge on any atom is 0.401 e. The molecule has 0 aliphatic rings. The van der Waals surface area contributed by atoms with Crippen LogP contribution in [-0.2, 0) is 13.2 Å². The molecule has 10 heteroatoms. The maximum atomic E-state index is 13.5. The monoisotopic (exact) mass is 496 g/mol. The molecular weight excluding hydrogens is 473 g/mol. The molecule has 1 aromatic heterocycles. The minimum Gasteiger partial charge on any atom is -0.271 e. The Morgan fingerprint density at radius 1 is 1.00 bits per heavy atom. The lowest BCUT2D eigenvalue weighted by Crippen LogP contribution is -2.39.